The number of hydrogen-bond acceptors (Lipinski definition) is 5. The van der Waals surface area contributed by atoms with Crippen LogP contribution in [0.4, 0.5) is 5.82 Å². The van der Waals surface area contributed by atoms with E-state index in [1.165, 1.54) is 11.1 Å². The number of aryl methyl sites for hydroxylation is 2. The minimum absolute atomic E-state index is 0.343. The van der Waals surface area contributed by atoms with Crippen molar-refractivity contribution >= 4 is 5.82 Å². The fourth-order valence-corrected chi connectivity index (χ4v) is 2.05. The summed E-state index contributed by atoms with van der Waals surface area (Å²) in [7, 11) is 0. The van der Waals surface area contributed by atoms with Crippen molar-refractivity contribution in [3.05, 3.63) is 47.8 Å². The Balaban J connectivity index is 2.19. The molecule has 0 fully saturated rings. The van der Waals surface area contributed by atoms with E-state index >= 15 is 0 Å². The van der Waals surface area contributed by atoms with Crippen LogP contribution in [0.3, 0.4) is 0 Å². The molecular formula is C15H14N4O. The van der Waals surface area contributed by atoms with Crippen LogP contribution in [0.15, 0.2) is 41.2 Å². The minimum atomic E-state index is 0.343. The smallest absolute Gasteiger partial charge is 0.214 e. The molecule has 5 nitrogen and oxygen atoms in total. The second-order valence-electron chi connectivity index (χ2n) is 4.64. The molecule has 2 heterocycles. The number of hydrogen-bond donors (Lipinski definition) is 1. The predicted molar refractivity (Wildman–Crippen MR) is 76.9 cm³/mol. The van der Waals surface area contributed by atoms with Gasteiger partial charge in [-0.2, -0.15) is 0 Å². The van der Waals surface area contributed by atoms with E-state index in [-0.39, 0.29) is 0 Å². The Hall–Kier alpha value is -2.69. The van der Waals surface area contributed by atoms with Crippen molar-refractivity contribution in [3.8, 4) is 22.7 Å². The molecule has 20 heavy (non-hydrogen) atoms. The van der Waals surface area contributed by atoms with Crippen molar-refractivity contribution in [2.24, 2.45) is 0 Å². The molecule has 0 saturated heterocycles. The number of nitrogens with two attached hydrogens (primary N) is 1. The summed E-state index contributed by atoms with van der Waals surface area (Å²) in [4.78, 5) is 8.38. The van der Waals surface area contributed by atoms with Gasteiger partial charge in [-0.1, -0.05) is 23.4 Å². The van der Waals surface area contributed by atoms with Gasteiger partial charge in [-0.15, -0.1) is 0 Å². The van der Waals surface area contributed by atoms with Gasteiger partial charge in [-0.3, -0.25) is 0 Å². The number of nitrogen functional groups attached to an aromatic ring is 1. The van der Waals surface area contributed by atoms with E-state index in [1.54, 1.807) is 18.5 Å². The summed E-state index contributed by atoms with van der Waals surface area (Å²) >= 11 is 0. The quantitative estimate of drug-likeness (QED) is 0.771. The highest BCUT2D eigenvalue weighted by Crippen LogP contribution is 2.35. The molecule has 0 unspecified atom stereocenters. The fourth-order valence-electron chi connectivity index (χ4n) is 2.05. The lowest BCUT2D eigenvalue weighted by Gasteiger charge is -2.05. The van der Waals surface area contributed by atoms with Crippen molar-refractivity contribution in [3.63, 3.8) is 0 Å². The summed E-state index contributed by atoms with van der Waals surface area (Å²) in [6, 6.07) is 7.86. The van der Waals surface area contributed by atoms with Gasteiger partial charge in [0.1, 0.15) is 0 Å². The van der Waals surface area contributed by atoms with Gasteiger partial charge in [0.2, 0.25) is 5.76 Å². The zero-order valence-electron chi connectivity index (χ0n) is 11.3. The van der Waals surface area contributed by atoms with E-state index < -0.39 is 0 Å². The van der Waals surface area contributed by atoms with E-state index in [1.807, 2.05) is 12.1 Å². The third-order valence-electron chi connectivity index (χ3n) is 3.28. The molecule has 0 radical (unpaired) electrons. The first-order valence-electron chi connectivity index (χ1n) is 6.27. The van der Waals surface area contributed by atoms with Crippen molar-refractivity contribution in [1.29, 1.82) is 0 Å². The van der Waals surface area contributed by atoms with E-state index in [9.17, 15) is 0 Å². The van der Waals surface area contributed by atoms with Gasteiger partial charge in [0.05, 0.1) is 5.56 Å². The van der Waals surface area contributed by atoms with Crippen LogP contribution in [0.25, 0.3) is 22.7 Å². The molecule has 0 spiro atoms. The van der Waals surface area contributed by atoms with Crippen molar-refractivity contribution < 1.29 is 4.52 Å². The lowest BCUT2D eigenvalue weighted by Crippen LogP contribution is -1.92. The van der Waals surface area contributed by atoms with Gasteiger partial charge < -0.3 is 10.3 Å². The lowest BCUT2D eigenvalue weighted by molar-refractivity contribution is 0.433. The molecule has 0 bridgehead atoms. The Labute approximate surface area is 116 Å². The standard InChI is InChI=1S/C15H14N4O/c1-9-4-5-11(8-10(9)2)12-13(20-19-14(12)16)15-17-6-3-7-18-15/h3-8H,1-2H3,(H2,16,19). The maximum Gasteiger partial charge on any atom is 0.214 e. The second-order valence-corrected chi connectivity index (χ2v) is 4.64. The Morgan fingerprint density at radius 3 is 2.50 bits per heavy atom. The Morgan fingerprint density at radius 1 is 1.05 bits per heavy atom. The van der Waals surface area contributed by atoms with Gasteiger partial charge in [0.15, 0.2) is 11.6 Å². The molecule has 0 saturated carbocycles. The normalized spacial score (nSPS) is 10.7. The average molecular weight is 266 g/mol. The zero-order valence-corrected chi connectivity index (χ0v) is 11.3. The van der Waals surface area contributed by atoms with Crippen molar-refractivity contribution in [2.75, 3.05) is 5.73 Å². The molecule has 0 aliphatic heterocycles. The van der Waals surface area contributed by atoms with Crippen LogP contribution in [0, 0.1) is 13.8 Å². The van der Waals surface area contributed by atoms with Gasteiger partial charge in [-0.05, 0) is 36.6 Å². The van der Waals surface area contributed by atoms with Gasteiger partial charge >= 0.3 is 0 Å². The summed E-state index contributed by atoms with van der Waals surface area (Å²) in [6.45, 7) is 4.12. The first-order valence-corrected chi connectivity index (χ1v) is 6.27. The second kappa shape index (κ2) is 4.77. The Kier molecular flexibility index (Phi) is 2.95. The van der Waals surface area contributed by atoms with E-state index in [2.05, 4.69) is 35.0 Å². The van der Waals surface area contributed by atoms with E-state index in [4.69, 9.17) is 10.3 Å². The maximum absolute atomic E-state index is 5.94. The summed E-state index contributed by atoms with van der Waals surface area (Å²) in [6.07, 6.45) is 3.32. The molecule has 2 N–H and O–H groups in total. The number of nitrogens with zero attached hydrogens (tertiary/aromatic N) is 3. The van der Waals surface area contributed by atoms with E-state index in [0.29, 0.717) is 17.4 Å². The van der Waals surface area contributed by atoms with Crippen molar-refractivity contribution in [1.82, 2.24) is 15.1 Å². The summed E-state index contributed by atoms with van der Waals surface area (Å²) in [5.41, 5.74) is 10.0. The predicted octanol–water partition coefficient (Wildman–Crippen LogP) is 3.00. The van der Waals surface area contributed by atoms with Crippen LogP contribution in [0.5, 0.6) is 0 Å². The van der Waals surface area contributed by atoms with Crippen LogP contribution in [-0.4, -0.2) is 15.1 Å². The van der Waals surface area contributed by atoms with Crippen LogP contribution in [0.2, 0.25) is 0 Å². The highest BCUT2D eigenvalue weighted by molar-refractivity contribution is 5.84. The fraction of sp³-hybridized carbons (Fsp3) is 0.133. The largest absolute Gasteiger partial charge is 0.380 e. The molecule has 0 atom stereocenters. The third kappa shape index (κ3) is 2.03. The zero-order chi connectivity index (χ0) is 14.1. The van der Waals surface area contributed by atoms with Gasteiger partial charge in [0.25, 0.3) is 0 Å². The molecule has 100 valence electrons. The maximum atomic E-state index is 5.94. The topological polar surface area (TPSA) is 77.8 Å². The van der Waals surface area contributed by atoms with E-state index in [0.717, 1.165) is 11.1 Å². The molecule has 0 aliphatic carbocycles. The number of aromatic nitrogens is 3. The van der Waals surface area contributed by atoms with Gasteiger partial charge in [0, 0.05) is 12.4 Å². The highest BCUT2D eigenvalue weighted by Gasteiger charge is 2.19. The number of anilines is 1. The molecule has 3 aromatic rings. The minimum Gasteiger partial charge on any atom is -0.380 e. The number of rotatable bonds is 2. The molecule has 5 heteroatoms. The molecule has 1 aromatic carbocycles. The van der Waals surface area contributed by atoms with Crippen LogP contribution >= 0.6 is 0 Å². The molecule has 0 amide bonds. The Morgan fingerprint density at radius 2 is 1.80 bits per heavy atom. The third-order valence-corrected chi connectivity index (χ3v) is 3.28. The summed E-state index contributed by atoms with van der Waals surface area (Å²) in [5, 5.41) is 3.84. The summed E-state index contributed by atoms with van der Waals surface area (Å²) in [5.74, 6) is 1.31. The first kappa shape index (κ1) is 12.3. The van der Waals surface area contributed by atoms with Crippen molar-refractivity contribution in [2.45, 2.75) is 13.8 Å². The lowest BCUT2D eigenvalue weighted by atomic mass is 10.0. The molecule has 0 aliphatic rings. The van der Waals surface area contributed by atoms with Crippen LogP contribution in [-0.2, 0) is 0 Å². The van der Waals surface area contributed by atoms with Crippen LogP contribution < -0.4 is 5.73 Å². The SMILES string of the molecule is Cc1ccc(-c2c(N)noc2-c2ncccn2)cc1C. The van der Waals surface area contributed by atoms with Gasteiger partial charge in [-0.25, -0.2) is 9.97 Å². The Bertz CT molecular complexity index is 750. The monoisotopic (exact) mass is 266 g/mol. The molecule has 2 aromatic heterocycles. The number of benzene rings is 1. The molecule has 3 rings (SSSR count). The average Bonchev–Trinajstić information content (AvgIpc) is 2.85. The molecular weight excluding hydrogens is 252 g/mol. The highest BCUT2D eigenvalue weighted by atomic mass is 16.5. The first-order chi connectivity index (χ1) is 9.66. The summed E-state index contributed by atoms with van der Waals surface area (Å²) < 4.78 is 5.31. The van der Waals surface area contributed by atoms with Crippen LogP contribution in [0.1, 0.15) is 11.1 Å².